The van der Waals surface area contributed by atoms with E-state index in [-0.39, 0.29) is 14.9 Å². The average molecular weight is 608 g/mol. The Labute approximate surface area is 217 Å². The van der Waals surface area contributed by atoms with Crippen LogP contribution in [0.15, 0.2) is 48.5 Å². The van der Waals surface area contributed by atoms with Crippen molar-refractivity contribution in [3.63, 3.8) is 0 Å². The molecule has 0 aromatic heterocycles. The monoisotopic (exact) mass is 607 g/mol. The van der Waals surface area contributed by atoms with Gasteiger partial charge in [-0.1, -0.05) is 52.7 Å². The normalized spacial score (nSPS) is 26.0. The molecule has 0 spiro atoms. The molecule has 2 aromatic carbocycles. The summed E-state index contributed by atoms with van der Waals surface area (Å²) in [5.74, 6) is 0.435. The molecule has 1 aliphatic carbocycles. The van der Waals surface area contributed by atoms with Gasteiger partial charge in [0.05, 0.1) is 15.1 Å². The largest absolute Gasteiger partial charge is 0.492 e. The van der Waals surface area contributed by atoms with Gasteiger partial charge in [0.1, 0.15) is 12.4 Å². The van der Waals surface area contributed by atoms with Crippen LogP contribution in [0.25, 0.3) is 0 Å². The maximum absolute atomic E-state index is 12.8. The number of aliphatic hydroxyl groups excluding tert-OH is 1. The number of ether oxygens (including phenoxy) is 1. The molecular formula is C26H30ClF3INO2. The predicted molar refractivity (Wildman–Crippen MR) is 137 cm³/mol. The van der Waals surface area contributed by atoms with Crippen molar-refractivity contribution in [3.8, 4) is 5.75 Å². The van der Waals surface area contributed by atoms with E-state index < -0.39 is 17.8 Å². The van der Waals surface area contributed by atoms with Crippen LogP contribution in [-0.2, 0) is 11.6 Å². The van der Waals surface area contributed by atoms with E-state index in [0.717, 1.165) is 56.3 Å². The highest BCUT2D eigenvalue weighted by Crippen LogP contribution is 2.47. The number of likely N-dealkylation sites (tertiary alicyclic amines) is 1. The standard InChI is InChI=1S/C26H30ClF3INO2/c1-18-25(31,17-34-22-10-6-20(7-11-22)26(28,29)30)14-3-15-32(18)16-23(33)24(12-2-13-24)19-4-8-21(27)9-5-19/h4-11,18,23,33H,2-3,12-17H2,1H3/t18-,23-,25+/m0/s1. The summed E-state index contributed by atoms with van der Waals surface area (Å²) >= 11 is 8.52. The van der Waals surface area contributed by atoms with Gasteiger partial charge in [-0.3, -0.25) is 4.90 Å². The Morgan fingerprint density at radius 3 is 2.29 bits per heavy atom. The van der Waals surface area contributed by atoms with Crippen molar-refractivity contribution in [2.45, 2.75) is 66.2 Å². The second kappa shape index (κ2) is 10.1. The fourth-order valence-electron chi connectivity index (χ4n) is 5.24. The Hall–Kier alpha value is -1.03. The Morgan fingerprint density at radius 2 is 1.74 bits per heavy atom. The lowest BCUT2D eigenvalue weighted by Crippen LogP contribution is -2.59. The highest BCUT2D eigenvalue weighted by molar-refractivity contribution is 14.1. The molecule has 3 atom stereocenters. The summed E-state index contributed by atoms with van der Waals surface area (Å²) in [6.45, 7) is 4.04. The third-order valence-electron chi connectivity index (χ3n) is 7.70. The lowest BCUT2D eigenvalue weighted by Gasteiger charge is -2.50. The third kappa shape index (κ3) is 5.37. The van der Waals surface area contributed by atoms with Crippen LogP contribution in [0, 0.1) is 0 Å². The van der Waals surface area contributed by atoms with E-state index in [1.165, 1.54) is 12.1 Å². The van der Waals surface area contributed by atoms with E-state index in [9.17, 15) is 18.3 Å². The van der Waals surface area contributed by atoms with Gasteiger partial charge in [-0.25, -0.2) is 0 Å². The number of benzene rings is 2. The lowest BCUT2D eigenvalue weighted by molar-refractivity contribution is -0.137. The summed E-state index contributed by atoms with van der Waals surface area (Å²) in [4.78, 5) is 2.34. The number of hydrogen-bond donors (Lipinski definition) is 1. The topological polar surface area (TPSA) is 32.7 Å². The van der Waals surface area contributed by atoms with Gasteiger partial charge in [-0.05, 0) is 81.1 Å². The summed E-state index contributed by atoms with van der Waals surface area (Å²) in [6.07, 6.45) is 0.113. The minimum absolute atomic E-state index is 0.147. The molecule has 0 bridgehead atoms. The van der Waals surface area contributed by atoms with Crippen LogP contribution in [0.5, 0.6) is 5.75 Å². The average Bonchev–Trinajstić information content (AvgIpc) is 2.76. The number of rotatable bonds is 7. The van der Waals surface area contributed by atoms with Crippen LogP contribution >= 0.6 is 34.2 Å². The van der Waals surface area contributed by atoms with Gasteiger partial charge in [0.25, 0.3) is 0 Å². The predicted octanol–water partition coefficient (Wildman–Crippen LogP) is 6.88. The highest BCUT2D eigenvalue weighted by Gasteiger charge is 2.48. The fourth-order valence-corrected chi connectivity index (χ4v) is 6.30. The molecule has 0 amide bonds. The third-order valence-corrected chi connectivity index (χ3v) is 9.71. The smallest absolute Gasteiger partial charge is 0.416 e. The summed E-state index contributed by atoms with van der Waals surface area (Å²) in [5, 5.41) is 12.1. The number of aliphatic hydroxyl groups is 1. The van der Waals surface area contributed by atoms with Gasteiger partial charge in [0.15, 0.2) is 0 Å². The summed E-state index contributed by atoms with van der Waals surface area (Å²) in [5.41, 5.74) is 0.236. The van der Waals surface area contributed by atoms with E-state index in [1.807, 2.05) is 24.3 Å². The molecule has 1 aliphatic heterocycles. The number of halogens is 5. The van der Waals surface area contributed by atoms with Crippen molar-refractivity contribution in [1.29, 1.82) is 0 Å². The van der Waals surface area contributed by atoms with Crippen LogP contribution < -0.4 is 4.74 Å². The first-order valence-electron chi connectivity index (χ1n) is 11.7. The molecule has 186 valence electrons. The first-order chi connectivity index (χ1) is 16.0. The molecule has 4 rings (SSSR count). The van der Waals surface area contributed by atoms with Crippen LogP contribution in [0.2, 0.25) is 5.02 Å². The van der Waals surface area contributed by atoms with Crippen molar-refractivity contribution >= 4 is 34.2 Å². The number of β-amino-alcohol motifs (C(OH)–C–C–N with tert-alkyl or cyclic N) is 1. The zero-order chi connectivity index (χ0) is 24.6. The Balaban J connectivity index is 1.41. The van der Waals surface area contributed by atoms with Crippen LogP contribution in [-0.4, -0.2) is 45.3 Å². The Bertz CT molecular complexity index is 966. The molecule has 1 saturated heterocycles. The molecule has 0 unspecified atom stereocenters. The second-order valence-electron chi connectivity index (χ2n) is 9.65. The van der Waals surface area contributed by atoms with E-state index in [0.29, 0.717) is 23.9 Å². The molecule has 1 heterocycles. The summed E-state index contributed by atoms with van der Waals surface area (Å²) in [6, 6.07) is 12.9. The second-order valence-corrected chi connectivity index (χ2v) is 12.2. The Morgan fingerprint density at radius 1 is 1.09 bits per heavy atom. The molecule has 8 heteroatoms. The molecular weight excluding hydrogens is 578 g/mol. The minimum atomic E-state index is -4.36. The fraction of sp³-hybridized carbons (Fsp3) is 0.538. The molecule has 2 aromatic rings. The SMILES string of the molecule is C[C@@H]1N(C[C@H](O)C2(c3ccc(Cl)cc3)CCC2)CCC[C@@]1(I)COc1ccc(C(F)(F)F)cc1. The number of alkyl halides is 4. The number of hydrogen-bond acceptors (Lipinski definition) is 3. The molecule has 1 N–H and O–H groups in total. The molecule has 0 radical (unpaired) electrons. The quantitative estimate of drug-likeness (QED) is 0.275. The first kappa shape index (κ1) is 26.0. The van der Waals surface area contributed by atoms with E-state index >= 15 is 0 Å². The summed E-state index contributed by atoms with van der Waals surface area (Å²) in [7, 11) is 0. The van der Waals surface area contributed by atoms with Crippen LogP contribution in [0.3, 0.4) is 0 Å². The molecule has 34 heavy (non-hydrogen) atoms. The zero-order valence-corrected chi connectivity index (χ0v) is 22.0. The first-order valence-corrected chi connectivity index (χ1v) is 13.2. The lowest BCUT2D eigenvalue weighted by atomic mass is 9.61. The van der Waals surface area contributed by atoms with Crippen molar-refractivity contribution in [3.05, 3.63) is 64.7 Å². The van der Waals surface area contributed by atoms with Gasteiger partial charge in [0, 0.05) is 23.0 Å². The summed E-state index contributed by atoms with van der Waals surface area (Å²) < 4.78 is 44.2. The molecule has 1 saturated carbocycles. The minimum Gasteiger partial charge on any atom is -0.492 e. The van der Waals surface area contributed by atoms with E-state index in [2.05, 4.69) is 34.4 Å². The van der Waals surface area contributed by atoms with Crippen LogP contribution in [0.1, 0.15) is 50.2 Å². The van der Waals surface area contributed by atoms with E-state index in [1.54, 1.807) is 0 Å². The molecule has 3 nitrogen and oxygen atoms in total. The van der Waals surface area contributed by atoms with Crippen LogP contribution in [0.4, 0.5) is 13.2 Å². The molecule has 2 aliphatic rings. The van der Waals surface area contributed by atoms with Gasteiger partial charge >= 0.3 is 6.18 Å². The molecule has 2 fully saturated rings. The number of nitrogens with zero attached hydrogens (tertiary/aromatic N) is 1. The number of piperidine rings is 1. The maximum atomic E-state index is 12.8. The van der Waals surface area contributed by atoms with Gasteiger partial charge < -0.3 is 9.84 Å². The van der Waals surface area contributed by atoms with Gasteiger partial charge in [-0.15, -0.1) is 0 Å². The van der Waals surface area contributed by atoms with Gasteiger partial charge in [0.2, 0.25) is 0 Å². The Kier molecular flexibility index (Phi) is 7.77. The van der Waals surface area contributed by atoms with Crippen molar-refractivity contribution in [2.75, 3.05) is 19.7 Å². The van der Waals surface area contributed by atoms with Crippen molar-refractivity contribution in [1.82, 2.24) is 4.90 Å². The van der Waals surface area contributed by atoms with E-state index in [4.69, 9.17) is 16.3 Å². The highest BCUT2D eigenvalue weighted by atomic mass is 127. The maximum Gasteiger partial charge on any atom is 0.416 e. The van der Waals surface area contributed by atoms with Crippen molar-refractivity contribution in [2.24, 2.45) is 0 Å². The zero-order valence-electron chi connectivity index (χ0n) is 19.1. The van der Waals surface area contributed by atoms with Gasteiger partial charge in [-0.2, -0.15) is 13.2 Å². The van der Waals surface area contributed by atoms with Crippen molar-refractivity contribution < 1.29 is 23.0 Å².